The zero-order valence-electron chi connectivity index (χ0n) is 20.2. The number of hydrogen-bond donors (Lipinski definition) is 2. The van der Waals surface area contributed by atoms with Gasteiger partial charge < -0.3 is 24.8 Å². The van der Waals surface area contributed by atoms with Crippen molar-refractivity contribution in [1.82, 2.24) is 0 Å². The molecule has 1 aliphatic carbocycles. The van der Waals surface area contributed by atoms with E-state index in [1.54, 1.807) is 14.2 Å². The number of ketones is 1. The van der Waals surface area contributed by atoms with Gasteiger partial charge >= 0.3 is 0 Å². The summed E-state index contributed by atoms with van der Waals surface area (Å²) in [7, 11) is 4.62. The first-order valence-corrected chi connectivity index (χ1v) is 11.6. The molecule has 0 unspecified atom stereocenters. The normalized spacial score (nSPS) is 18.9. The van der Waals surface area contributed by atoms with Crippen LogP contribution < -0.4 is 24.8 Å². The summed E-state index contributed by atoms with van der Waals surface area (Å²) in [5.41, 5.74) is 3.45. The topological polar surface area (TPSA) is 68.8 Å². The van der Waals surface area contributed by atoms with Gasteiger partial charge in [-0.3, -0.25) is 4.79 Å². The molecule has 1 aliphatic heterocycles. The fraction of sp³-hybridized carbons (Fsp3) is 0.250. The van der Waals surface area contributed by atoms with Gasteiger partial charge in [0.1, 0.15) is 11.6 Å². The number of Topliss-reactive ketones (excluding diaryl/α,β-unsaturated/α-hetero) is 1. The molecule has 2 aliphatic rings. The predicted molar refractivity (Wildman–Crippen MR) is 133 cm³/mol. The molecule has 0 aromatic heterocycles. The Morgan fingerprint density at radius 1 is 0.861 bits per heavy atom. The molecule has 3 aromatic carbocycles. The number of nitrogens with one attached hydrogen (secondary N) is 2. The zero-order valence-corrected chi connectivity index (χ0v) is 20.2. The Hall–Kier alpha value is -4.07. The summed E-state index contributed by atoms with van der Waals surface area (Å²) in [6.07, 6.45) is 0.660. The van der Waals surface area contributed by atoms with Crippen LogP contribution in [0, 0.1) is 11.6 Å². The van der Waals surface area contributed by atoms with E-state index in [0.29, 0.717) is 40.6 Å². The minimum absolute atomic E-state index is 0.0839. The highest BCUT2D eigenvalue weighted by atomic mass is 19.1. The van der Waals surface area contributed by atoms with E-state index in [9.17, 15) is 13.6 Å². The number of anilines is 2. The molecule has 0 amide bonds. The first-order valence-electron chi connectivity index (χ1n) is 11.6. The van der Waals surface area contributed by atoms with Gasteiger partial charge in [-0.25, -0.2) is 8.78 Å². The number of carbonyl (C=O) groups excluding carboxylic acids is 1. The van der Waals surface area contributed by atoms with Crippen LogP contribution in [0.4, 0.5) is 20.2 Å². The molecular weight excluding hydrogens is 466 g/mol. The number of allylic oxidation sites excluding steroid dienone is 1. The number of rotatable bonds is 5. The molecule has 0 bridgehead atoms. The Balaban J connectivity index is 1.62. The van der Waals surface area contributed by atoms with E-state index in [-0.39, 0.29) is 23.7 Å². The number of hydrogen-bond acceptors (Lipinski definition) is 6. The minimum atomic E-state index is -0.847. The standard InChI is InChI=1S/C28H26F2N2O4/c1-34-24-12-16(13-25(35-2)28(24)36-3)15-10-22-26(23(33)11-15)27(18-14-17(29)8-9-19(18)30)32-21-7-5-4-6-20(21)31-22/h4-9,12-15,27,31-32H,10-11H2,1-3H3/t15-,27-/m0/s1. The molecule has 0 spiro atoms. The van der Waals surface area contributed by atoms with E-state index in [1.165, 1.54) is 7.11 Å². The number of benzene rings is 3. The van der Waals surface area contributed by atoms with Gasteiger partial charge in [-0.1, -0.05) is 12.1 Å². The third kappa shape index (κ3) is 4.12. The van der Waals surface area contributed by atoms with Crippen molar-refractivity contribution in [3.63, 3.8) is 0 Å². The maximum absolute atomic E-state index is 14.9. The van der Waals surface area contributed by atoms with Gasteiger partial charge in [0.15, 0.2) is 17.3 Å². The van der Waals surface area contributed by atoms with Crippen LogP contribution in [-0.2, 0) is 4.79 Å². The molecule has 8 heteroatoms. The molecule has 186 valence electrons. The zero-order chi connectivity index (χ0) is 25.4. The van der Waals surface area contributed by atoms with Crippen molar-refractivity contribution in [2.45, 2.75) is 24.8 Å². The minimum Gasteiger partial charge on any atom is -0.493 e. The lowest BCUT2D eigenvalue weighted by atomic mass is 9.78. The monoisotopic (exact) mass is 492 g/mol. The summed E-state index contributed by atoms with van der Waals surface area (Å²) in [6.45, 7) is 0. The van der Waals surface area contributed by atoms with Gasteiger partial charge in [0.2, 0.25) is 5.75 Å². The van der Waals surface area contributed by atoms with Crippen LogP contribution in [0.2, 0.25) is 0 Å². The van der Waals surface area contributed by atoms with Crippen LogP contribution in [0.15, 0.2) is 65.9 Å². The lowest BCUT2D eigenvalue weighted by Gasteiger charge is -2.30. The molecule has 36 heavy (non-hydrogen) atoms. The predicted octanol–water partition coefficient (Wildman–Crippen LogP) is 5.97. The highest BCUT2D eigenvalue weighted by Gasteiger charge is 2.37. The van der Waals surface area contributed by atoms with Crippen molar-refractivity contribution in [3.8, 4) is 17.2 Å². The Morgan fingerprint density at radius 3 is 2.22 bits per heavy atom. The van der Waals surface area contributed by atoms with Crippen LogP contribution in [0.25, 0.3) is 0 Å². The molecule has 0 fully saturated rings. The summed E-state index contributed by atoms with van der Waals surface area (Å²) in [4.78, 5) is 13.7. The van der Waals surface area contributed by atoms with Gasteiger partial charge in [0.25, 0.3) is 0 Å². The number of para-hydroxylation sites is 2. The van der Waals surface area contributed by atoms with Gasteiger partial charge in [0.05, 0.1) is 38.7 Å². The number of ether oxygens (including phenoxy) is 3. The molecule has 6 nitrogen and oxygen atoms in total. The van der Waals surface area contributed by atoms with Crippen molar-refractivity contribution >= 4 is 17.2 Å². The van der Waals surface area contributed by atoms with Crippen molar-refractivity contribution in [3.05, 3.63) is 88.6 Å². The Morgan fingerprint density at radius 2 is 1.56 bits per heavy atom. The van der Waals surface area contributed by atoms with E-state index < -0.39 is 17.7 Å². The van der Waals surface area contributed by atoms with E-state index in [0.717, 1.165) is 29.4 Å². The maximum Gasteiger partial charge on any atom is 0.203 e. The van der Waals surface area contributed by atoms with Crippen molar-refractivity contribution < 1.29 is 27.8 Å². The van der Waals surface area contributed by atoms with Crippen LogP contribution in [0.5, 0.6) is 17.2 Å². The van der Waals surface area contributed by atoms with E-state index in [2.05, 4.69) is 10.6 Å². The molecule has 0 saturated carbocycles. The smallest absolute Gasteiger partial charge is 0.203 e. The van der Waals surface area contributed by atoms with Gasteiger partial charge in [0, 0.05) is 23.3 Å². The number of fused-ring (bicyclic) bond motifs is 1. The average Bonchev–Trinajstić information content (AvgIpc) is 3.06. The second kappa shape index (κ2) is 9.53. The van der Waals surface area contributed by atoms with E-state index in [1.807, 2.05) is 36.4 Å². The first kappa shape index (κ1) is 23.7. The third-order valence-electron chi connectivity index (χ3n) is 6.74. The van der Waals surface area contributed by atoms with Crippen LogP contribution in [0.1, 0.15) is 35.9 Å². The molecular formula is C28H26F2N2O4. The van der Waals surface area contributed by atoms with E-state index in [4.69, 9.17) is 14.2 Å². The third-order valence-corrected chi connectivity index (χ3v) is 6.74. The summed E-state index contributed by atoms with van der Waals surface area (Å²) in [5.74, 6) is -0.0336. The average molecular weight is 493 g/mol. The molecule has 2 atom stereocenters. The first-order chi connectivity index (χ1) is 17.4. The highest BCUT2D eigenvalue weighted by Crippen LogP contribution is 2.47. The highest BCUT2D eigenvalue weighted by molar-refractivity contribution is 6.01. The van der Waals surface area contributed by atoms with Crippen molar-refractivity contribution in [2.24, 2.45) is 0 Å². The second-order valence-corrected chi connectivity index (χ2v) is 8.79. The number of carbonyl (C=O) groups is 1. The summed E-state index contributed by atoms with van der Waals surface area (Å²) < 4.78 is 45.5. The molecule has 5 rings (SSSR count). The van der Waals surface area contributed by atoms with Crippen molar-refractivity contribution in [2.75, 3.05) is 32.0 Å². The lowest BCUT2D eigenvalue weighted by molar-refractivity contribution is -0.116. The summed E-state index contributed by atoms with van der Waals surface area (Å²) in [5, 5.41) is 6.67. The van der Waals surface area contributed by atoms with Crippen molar-refractivity contribution in [1.29, 1.82) is 0 Å². The van der Waals surface area contributed by atoms with Gasteiger partial charge in [-0.05, 0) is 60.4 Å². The SMILES string of the molecule is COc1cc([C@@H]2CC(=O)C3=C(C2)Nc2ccccc2N[C@H]3c2cc(F)ccc2F)cc(OC)c1OC. The van der Waals surface area contributed by atoms with Crippen LogP contribution in [0.3, 0.4) is 0 Å². The van der Waals surface area contributed by atoms with Gasteiger partial charge in [-0.2, -0.15) is 0 Å². The van der Waals surface area contributed by atoms with Crippen LogP contribution in [-0.4, -0.2) is 27.1 Å². The second-order valence-electron chi connectivity index (χ2n) is 8.79. The quantitative estimate of drug-likeness (QED) is 0.457. The Labute approximate surface area is 207 Å². The van der Waals surface area contributed by atoms with Crippen LogP contribution >= 0.6 is 0 Å². The number of methoxy groups -OCH3 is 3. The maximum atomic E-state index is 14.9. The Bertz CT molecular complexity index is 1350. The molecule has 0 saturated heterocycles. The lowest BCUT2D eigenvalue weighted by Crippen LogP contribution is -2.27. The fourth-order valence-electron chi connectivity index (χ4n) is 5.03. The molecule has 2 N–H and O–H groups in total. The largest absolute Gasteiger partial charge is 0.493 e. The fourth-order valence-corrected chi connectivity index (χ4v) is 5.03. The molecule has 1 heterocycles. The molecule has 3 aromatic rings. The van der Waals surface area contributed by atoms with Gasteiger partial charge in [-0.15, -0.1) is 0 Å². The van der Waals surface area contributed by atoms with E-state index >= 15 is 0 Å². The summed E-state index contributed by atoms with van der Waals surface area (Å²) in [6, 6.07) is 13.6. The summed E-state index contributed by atoms with van der Waals surface area (Å²) >= 11 is 0. The molecule has 0 radical (unpaired) electrons. The Kier molecular flexibility index (Phi) is 6.26. The number of halogens is 2.